The maximum Gasteiger partial charge on any atom is 0.573 e. The highest BCUT2D eigenvalue weighted by molar-refractivity contribution is 6.01. The van der Waals surface area contributed by atoms with Crippen molar-refractivity contribution in [3.05, 3.63) is 52.6 Å². The number of primary amides is 2. The number of non-ortho nitro benzene ring substituents is 1. The minimum Gasteiger partial charge on any atom is -0.506 e. The third kappa shape index (κ3) is 8.33. The van der Waals surface area contributed by atoms with E-state index in [0.29, 0.717) is 0 Å². The first kappa shape index (κ1) is 22.8. The molecule has 0 spiro atoms. The molecule has 0 heterocycles. The second-order valence-electron chi connectivity index (χ2n) is 4.98. The third-order valence-electron chi connectivity index (χ3n) is 2.80. The average Bonchev–Trinajstić information content (AvgIpc) is 2.56. The topological polar surface area (TPSA) is 183 Å². The number of hydrogen-bond donors (Lipinski definition) is 5. The largest absolute Gasteiger partial charge is 0.573 e. The molecule has 0 unspecified atom stereocenters. The Balaban J connectivity index is 0.000000960. The smallest absolute Gasteiger partial charge is 0.506 e. The van der Waals surface area contributed by atoms with Gasteiger partial charge in [0, 0.05) is 6.07 Å². The number of anilines is 2. The van der Waals surface area contributed by atoms with Crippen LogP contribution in [0, 0.1) is 10.1 Å². The molecule has 0 saturated carbocycles. The molecule has 0 fully saturated rings. The molecule has 29 heavy (non-hydrogen) atoms. The molecule has 2 aromatic rings. The number of phenolic OH excluding ortho intramolecular Hbond substituents is 1. The van der Waals surface area contributed by atoms with Crippen molar-refractivity contribution in [2.75, 3.05) is 10.6 Å². The molecule has 7 N–H and O–H groups in total. The minimum atomic E-state index is -4.94. The summed E-state index contributed by atoms with van der Waals surface area (Å²) in [6, 6.07) is 5.96. The van der Waals surface area contributed by atoms with Gasteiger partial charge in [0.1, 0.15) is 5.75 Å². The van der Waals surface area contributed by atoms with Crippen LogP contribution in [0.5, 0.6) is 11.5 Å². The number of nitrogens with two attached hydrogens (primary N) is 2. The van der Waals surface area contributed by atoms with Gasteiger partial charge in [0.15, 0.2) is 5.75 Å². The number of aromatic hydroxyl groups is 1. The number of nitrogens with one attached hydrogen (secondary N) is 2. The maximum atomic E-state index is 12.3. The molecule has 0 bridgehead atoms. The van der Waals surface area contributed by atoms with Crippen molar-refractivity contribution in [2.24, 2.45) is 11.5 Å². The van der Waals surface area contributed by atoms with Gasteiger partial charge in [-0.05, 0) is 18.2 Å². The number of nitro benzene ring substituents is 1. The molecule has 0 aliphatic rings. The van der Waals surface area contributed by atoms with Crippen LogP contribution in [0.25, 0.3) is 0 Å². The Morgan fingerprint density at radius 1 is 1.07 bits per heavy atom. The van der Waals surface area contributed by atoms with Crippen molar-refractivity contribution in [2.45, 2.75) is 6.36 Å². The fourth-order valence-electron chi connectivity index (χ4n) is 1.80. The van der Waals surface area contributed by atoms with Crippen LogP contribution < -0.4 is 26.8 Å². The molecule has 2 aromatic carbocycles. The van der Waals surface area contributed by atoms with Crippen molar-refractivity contribution < 1.29 is 37.5 Å². The summed E-state index contributed by atoms with van der Waals surface area (Å²) in [6.45, 7) is 0. The number of carbonyl (C=O) groups is 2. The maximum absolute atomic E-state index is 12.3. The van der Waals surface area contributed by atoms with E-state index in [9.17, 15) is 33.2 Å². The zero-order valence-electron chi connectivity index (χ0n) is 14.3. The van der Waals surface area contributed by atoms with Crippen molar-refractivity contribution in [3.63, 3.8) is 0 Å². The van der Waals surface area contributed by atoms with E-state index in [4.69, 9.17) is 4.79 Å². The highest BCUT2D eigenvalue weighted by atomic mass is 19.4. The number of para-hydroxylation sites is 2. The monoisotopic (exact) mass is 417 g/mol. The number of phenols is 1. The zero-order chi connectivity index (χ0) is 22.2. The first-order valence-electron chi connectivity index (χ1n) is 7.34. The van der Waals surface area contributed by atoms with E-state index >= 15 is 0 Å². The lowest BCUT2D eigenvalue weighted by atomic mass is 10.2. The van der Waals surface area contributed by atoms with Gasteiger partial charge in [-0.2, -0.15) is 0 Å². The highest BCUT2D eigenvalue weighted by Crippen LogP contribution is 2.31. The first-order valence-corrected chi connectivity index (χ1v) is 7.34. The molecule has 0 aliphatic carbocycles. The molecule has 2 rings (SSSR count). The van der Waals surface area contributed by atoms with Gasteiger partial charge in [0.25, 0.3) is 5.69 Å². The van der Waals surface area contributed by atoms with E-state index in [2.05, 4.69) is 26.8 Å². The molecule has 156 valence electrons. The molecule has 0 saturated heterocycles. The Labute approximate surface area is 160 Å². The SMILES string of the molecule is NC(N)=O.O=C(Nc1ccc([N+](=O)[O-])cc1O)Nc1ccccc1OC(F)(F)F. The number of amides is 4. The second-order valence-corrected chi connectivity index (χ2v) is 4.98. The predicted octanol–water partition coefficient (Wildman–Crippen LogP) is 2.87. The van der Waals surface area contributed by atoms with E-state index < -0.39 is 40.5 Å². The lowest BCUT2D eigenvalue weighted by molar-refractivity contribution is -0.384. The summed E-state index contributed by atoms with van der Waals surface area (Å²) in [5, 5.41) is 24.5. The van der Waals surface area contributed by atoms with Gasteiger partial charge in [-0.3, -0.25) is 10.1 Å². The van der Waals surface area contributed by atoms with Gasteiger partial charge in [-0.25, -0.2) is 9.59 Å². The van der Waals surface area contributed by atoms with E-state index in [1.165, 1.54) is 18.2 Å². The first-order chi connectivity index (χ1) is 13.4. The number of ether oxygens (including phenoxy) is 1. The Morgan fingerprint density at radius 3 is 2.14 bits per heavy atom. The quantitative estimate of drug-likeness (QED) is 0.289. The van der Waals surface area contributed by atoms with Crippen molar-refractivity contribution in [3.8, 4) is 11.5 Å². The van der Waals surface area contributed by atoms with Crippen LogP contribution in [0.2, 0.25) is 0 Å². The number of urea groups is 2. The number of nitrogens with zero attached hydrogens (tertiary/aromatic N) is 1. The average molecular weight is 417 g/mol. The number of alkyl halides is 3. The Bertz CT molecular complexity index is 902. The molecule has 14 heteroatoms. The summed E-state index contributed by atoms with van der Waals surface area (Å²) in [5.74, 6) is -1.21. The highest BCUT2D eigenvalue weighted by Gasteiger charge is 2.32. The summed E-state index contributed by atoms with van der Waals surface area (Å²) >= 11 is 0. The molecule has 0 radical (unpaired) electrons. The zero-order valence-corrected chi connectivity index (χ0v) is 14.3. The second kappa shape index (κ2) is 9.63. The van der Waals surface area contributed by atoms with Crippen LogP contribution in [0.15, 0.2) is 42.5 Å². The van der Waals surface area contributed by atoms with Crippen LogP contribution in [0.4, 0.5) is 39.8 Å². The molecule has 4 amide bonds. The fraction of sp³-hybridized carbons (Fsp3) is 0.0667. The van der Waals surface area contributed by atoms with Gasteiger partial charge < -0.3 is 31.9 Å². The van der Waals surface area contributed by atoms with Crippen molar-refractivity contribution in [1.82, 2.24) is 0 Å². The number of halogens is 3. The van der Waals surface area contributed by atoms with Gasteiger partial charge in [-0.15, -0.1) is 13.2 Å². The Kier molecular flexibility index (Phi) is 7.58. The summed E-state index contributed by atoms with van der Waals surface area (Å²) in [5.41, 5.74) is 7.67. The van der Waals surface area contributed by atoms with Crippen molar-refractivity contribution in [1.29, 1.82) is 0 Å². The number of benzene rings is 2. The van der Waals surface area contributed by atoms with Gasteiger partial charge in [0.05, 0.1) is 22.4 Å². The van der Waals surface area contributed by atoms with Crippen LogP contribution in [-0.2, 0) is 0 Å². The summed E-state index contributed by atoms with van der Waals surface area (Å²) in [6.07, 6.45) is -4.94. The van der Waals surface area contributed by atoms with Gasteiger partial charge >= 0.3 is 18.4 Å². The van der Waals surface area contributed by atoms with Crippen LogP contribution >= 0.6 is 0 Å². The fourth-order valence-corrected chi connectivity index (χ4v) is 1.80. The summed E-state index contributed by atoms with van der Waals surface area (Å²) in [7, 11) is 0. The minimum absolute atomic E-state index is 0.169. The molecular formula is C15H14F3N5O6. The molecule has 0 atom stereocenters. The lowest BCUT2D eigenvalue weighted by Gasteiger charge is -2.14. The Morgan fingerprint density at radius 2 is 1.62 bits per heavy atom. The molecule has 11 nitrogen and oxygen atoms in total. The van der Waals surface area contributed by atoms with Gasteiger partial charge in [-0.1, -0.05) is 12.1 Å². The van der Waals surface area contributed by atoms with Crippen LogP contribution in [0.1, 0.15) is 0 Å². The predicted molar refractivity (Wildman–Crippen MR) is 94.3 cm³/mol. The number of nitro groups is 1. The molecule has 0 aromatic heterocycles. The normalized spacial score (nSPS) is 10.2. The van der Waals surface area contributed by atoms with Gasteiger partial charge in [0.2, 0.25) is 0 Å². The number of carbonyl (C=O) groups excluding carboxylic acids is 2. The van der Waals surface area contributed by atoms with E-state index in [0.717, 1.165) is 24.3 Å². The van der Waals surface area contributed by atoms with E-state index in [1.54, 1.807) is 0 Å². The molecular weight excluding hydrogens is 403 g/mol. The van der Waals surface area contributed by atoms with Crippen LogP contribution in [0.3, 0.4) is 0 Å². The van der Waals surface area contributed by atoms with Crippen LogP contribution in [-0.4, -0.2) is 28.5 Å². The third-order valence-corrected chi connectivity index (χ3v) is 2.80. The van der Waals surface area contributed by atoms with Crippen molar-refractivity contribution >= 4 is 29.1 Å². The van der Waals surface area contributed by atoms with E-state index in [-0.39, 0.29) is 11.4 Å². The number of rotatable bonds is 4. The van der Waals surface area contributed by atoms with E-state index in [1.807, 2.05) is 0 Å². The summed E-state index contributed by atoms with van der Waals surface area (Å²) < 4.78 is 40.8. The Hall–Kier alpha value is -4.23. The molecule has 0 aliphatic heterocycles. The standard InChI is InChI=1S/C14H10F3N3O5.CH4N2O/c15-14(16,17)25-12-4-2-1-3-10(12)19-13(22)18-9-6-5-8(20(23)24)7-11(9)21;2-1(3)4/h1-7,21H,(H2,18,19,22);(H4,2,3,4). The number of hydrogen-bond acceptors (Lipinski definition) is 6. The lowest BCUT2D eigenvalue weighted by Crippen LogP contribution is -2.22. The summed E-state index contributed by atoms with van der Waals surface area (Å²) in [4.78, 5) is 30.7.